The van der Waals surface area contributed by atoms with E-state index in [9.17, 15) is 0 Å². The van der Waals surface area contributed by atoms with Crippen molar-refractivity contribution in [2.75, 3.05) is 13.2 Å². The molecule has 2 N–H and O–H groups in total. The molecule has 0 spiro atoms. The number of aliphatic hydroxyl groups is 2. The van der Waals surface area contributed by atoms with E-state index in [4.69, 9.17) is 13.5 Å². The molecule has 0 unspecified atom stereocenters. The Morgan fingerprint density at radius 2 is 0.667 bits per heavy atom. The van der Waals surface area contributed by atoms with E-state index in [-0.39, 0.29) is 0 Å². The number of aliphatic hydroxyl groups excluding tert-OH is 2. The van der Waals surface area contributed by atoms with Gasteiger partial charge in [0.05, 0.1) is 0 Å². The molecule has 3 nitrogen and oxygen atoms in total. The number of hydrogen-bond donors (Lipinski definition) is 2. The molecule has 24 heavy (non-hydrogen) atoms. The molecule has 0 amide bonds. The number of unbranched alkanes of at least 4 members (excludes halogenated alkanes) is 14. The minimum atomic E-state index is 0.370. The Balaban J connectivity index is -0.000000333. The summed E-state index contributed by atoms with van der Waals surface area (Å²) in [4.78, 5) is 0. The summed E-state index contributed by atoms with van der Waals surface area (Å²) in [6, 6.07) is 0. The van der Waals surface area contributed by atoms with Gasteiger partial charge in [-0.1, -0.05) is 104 Å². The van der Waals surface area contributed by atoms with Gasteiger partial charge in [-0.05, 0) is 12.8 Å². The summed E-state index contributed by atoms with van der Waals surface area (Å²) in [6.45, 7) is 5.22. The Morgan fingerprint density at radius 1 is 0.458 bits per heavy atom. The average molecular weight is 380 g/mol. The van der Waals surface area contributed by atoms with Crippen molar-refractivity contribution < 1.29 is 33.9 Å². The monoisotopic (exact) mass is 380 g/mol. The quantitative estimate of drug-likeness (QED) is 0.251. The van der Waals surface area contributed by atoms with Crippen LogP contribution in [0.15, 0.2) is 0 Å². The summed E-state index contributed by atoms with van der Waals surface area (Å²) in [7, 11) is 0. The van der Waals surface area contributed by atoms with Crippen molar-refractivity contribution in [3.63, 3.8) is 0 Å². The fourth-order valence-electron chi connectivity index (χ4n) is 2.49. The Morgan fingerprint density at radius 3 is 0.875 bits per heavy atom. The third kappa shape index (κ3) is 38.2. The fourth-order valence-corrected chi connectivity index (χ4v) is 2.49. The first-order valence-corrected chi connectivity index (χ1v) is 10.9. The van der Waals surface area contributed by atoms with Crippen molar-refractivity contribution in [2.24, 2.45) is 0 Å². The van der Waals surface area contributed by atoms with Gasteiger partial charge in [-0.2, -0.15) is 0 Å². The molecule has 0 aromatic heterocycles. The van der Waals surface area contributed by atoms with Gasteiger partial charge in [0.2, 0.25) is 0 Å². The Hall–Kier alpha value is 0.434. The van der Waals surface area contributed by atoms with E-state index < -0.39 is 0 Å². The van der Waals surface area contributed by atoms with E-state index in [1.165, 1.54) is 89.9 Å². The molecule has 0 aliphatic carbocycles. The second-order valence-corrected chi connectivity index (χ2v) is 6.40. The SMILES string of the molecule is CCCCCCCCCCO.CCCCCCCCCCO.[O]=[Ti]. The van der Waals surface area contributed by atoms with Crippen molar-refractivity contribution in [1.29, 1.82) is 0 Å². The zero-order chi connectivity index (χ0) is 18.7. The van der Waals surface area contributed by atoms with Crippen LogP contribution >= 0.6 is 0 Å². The second kappa shape index (κ2) is 34.7. The molecule has 0 aromatic rings. The molecule has 4 heteroatoms. The number of hydrogen-bond acceptors (Lipinski definition) is 3. The molecular weight excluding hydrogens is 336 g/mol. The molecule has 0 aliphatic rings. The fraction of sp³-hybridized carbons (Fsp3) is 1.00. The van der Waals surface area contributed by atoms with E-state index in [1.54, 1.807) is 0 Å². The minimum absolute atomic E-state index is 0.370. The maximum absolute atomic E-state index is 8.51. The standard InChI is InChI=1S/2C10H22O.O.Ti/c2*1-2-3-4-5-6-7-8-9-10-11;;/h2*11H,2-10H2,1H3;;. The van der Waals surface area contributed by atoms with Crippen molar-refractivity contribution in [1.82, 2.24) is 0 Å². The molecule has 0 atom stereocenters. The summed E-state index contributed by atoms with van der Waals surface area (Å²) < 4.78 is 8.25. The van der Waals surface area contributed by atoms with Gasteiger partial charge in [0.25, 0.3) is 0 Å². The Kier molecular flexibility index (Phi) is 42.2. The van der Waals surface area contributed by atoms with Crippen molar-refractivity contribution in [2.45, 2.75) is 117 Å². The molecule has 0 aliphatic heterocycles. The Bertz CT molecular complexity index is 146. The van der Waals surface area contributed by atoms with Gasteiger partial charge >= 0.3 is 23.7 Å². The Labute approximate surface area is 163 Å². The van der Waals surface area contributed by atoms with E-state index in [1.807, 2.05) is 0 Å². The molecule has 146 valence electrons. The van der Waals surface area contributed by atoms with E-state index in [0.717, 1.165) is 33.2 Å². The predicted octanol–water partition coefficient (Wildman–Crippen LogP) is 6.12. The molecule has 0 radical (unpaired) electrons. The second-order valence-electron chi connectivity index (χ2n) is 6.40. The predicted molar refractivity (Wildman–Crippen MR) is 100 cm³/mol. The molecule has 0 fully saturated rings. The summed E-state index contributed by atoms with van der Waals surface area (Å²) in [5.41, 5.74) is 0. The first kappa shape index (κ1) is 29.2. The molecule has 0 saturated carbocycles. The molecule has 0 saturated heterocycles. The van der Waals surface area contributed by atoms with Crippen LogP contribution in [0.1, 0.15) is 117 Å². The average Bonchev–Trinajstić information content (AvgIpc) is 2.63. The van der Waals surface area contributed by atoms with Crippen LogP contribution in [-0.2, 0) is 23.7 Å². The topological polar surface area (TPSA) is 57.5 Å². The van der Waals surface area contributed by atoms with Gasteiger partial charge in [-0.15, -0.1) is 0 Å². The van der Waals surface area contributed by atoms with Crippen LogP contribution < -0.4 is 0 Å². The zero-order valence-corrected chi connectivity index (χ0v) is 18.1. The summed E-state index contributed by atoms with van der Waals surface area (Å²) in [5, 5.41) is 17.0. The zero-order valence-electron chi connectivity index (χ0n) is 16.5. The third-order valence-corrected chi connectivity index (χ3v) is 4.02. The van der Waals surface area contributed by atoms with Crippen LogP contribution in [0.5, 0.6) is 0 Å². The number of rotatable bonds is 16. The molecule has 0 heterocycles. The van der Waals surface area contributed by atoms with Gasteiger partial charge < -0.3 is 10.2 Å². The third-order valence-electron chi connectivity index (χ3n) is 4.02. The first-order chi connectivity index (χ1) is 11.8. The van der Waals surface area contributed by atoms with Crippen LogP contribution in [-0.4, -0.2) is 23.4 Å². The van der Waals surface area contributed by atoms with Crippen LogP contribution in [0.25, 0.3) is 0 Å². The van der Waals surface area contributed by atoms with E-state index >= 15 is 0 Å². The van der Waals surface area contributed by atoms with Crippen LogP contribution in [0.2, 0.25) is 0 Å². The van der Waals surface area contributed by atoms with Crippen LogP contribution in [0, 0.1) is 0 Å². The van der Waals surface area contributed by atoms with Gasteiger partial charge in [0, 0.05) is 13.2 Å². The normalized spacial score (nSPS) is 9.62. The molecule has 0 bridgehead atoms. The molecule has 0 rings (SSSR count). The van der Waals surface area contributed by atoms with Crippen LogP contribution in [0.3, 0.4) is 0 Å². The van der Waals surface area contributed by atoms with Gasteiger partial charge in [-0.3, -0.25) is 0 Å². The van der Waals surface area contributed by atoms with Gasteiger partial charge in [0.15, 0.2) is 0 Å². The van der Waals surface area contributed by atoms with Crippen molar-refractivity contribution in [3.05, 3.63) is 0 Å². The van der Waals surface area contributed by atoms with Crippen LogP contribution in [0.4, 0.5) is 0 Å². The van der Waals surface area contributed by atoms with Crippen molar-refractivity contribution >= 4 is 0 Å². The van der Waals surface area contributed by atoms with E-state index in [0.29, 0.717) is 13.2 Å². The first-order valence-electron chi connectivity index (χ1n) is 10.3. The summed E-state index contributed by atoms with van der Waals surface area (Å²) in [6.07, 6.45) is 20.8. The maximum atomic E-state index is 8.51. The molecular formula is C20H44O3Ti. The van der Waals surface area contributed by atoms with E-state index in [2.05, 4.69) is 13.8 Å². The van der Waals surface area contributed by atoms with Gasteiger partial charge in [-0.25, -0.2) is 0 Å². The molecule has 0 aromatic carbocycles. The van der Waals surface area contributed by atoms with Crippen molar-refractivity contribution in [3.8, 4) is 0 Å². The summed E-state index contributed by atoms with van der Waals surface area (Å²) in [5.74, 6) is 0. The van der Waals surface area contributed by atoms with Gasteiger partial charge in [0.1, 0.15) is 0 Å². The summed E-state index contributed by atoms with van der Waals surface area (Å²) >= 11 is 0.750.